The molecule has 0 radical (unpaired) electrons. The van der Waals surface area contributed by atoms with Crippen molar-refractivity contribution in [1.29, 1.82) is 0 Å². The average Bonchev–Trinajstić information content (AvgIpc) is 3.15. The lowest BCUT2D eigenvalue weighted by Gasteiger charge is -2.21. The summed E-state index contributed by atoms with van der Waals surface area (Å²) in [6, 6.07) is 7.71. The van der Waals surface area contributed by atoms with Gasteiger partial charge >= 0.3 is 5.97 Å². The number of hydrogen-bond donors (Lipinski definition) is 3. The van der Waals surface area contributed by atoms with Crippen LogP contribution in [-0.2, 0) is 12.8 Å². The second-order valence-corrected chi connectivity index (χ2v) is 9.24. The lowest BCUT2D eigenvalue weighted by atomic mass is 9.87. The van der Waals surface area contributed by atoms with Gasteiger partial charge in [-0.3, -0.25) is 4.99 Å². The van der Waals surface area contributed by atoms with E-state index in [-0.39, 0.29) is 11.5 Å². The van der Waals surface area contributed by atoms with Crippen LogP contribution in [0.15, 0.2) is 29.3 Å². The van der Waals surface area contributed by atoms with Gasteiger partial charge in [-0.2, -0.15) is 0 Å². The highest BCUT2D eigenvalue weighted by molar-refractivity contribution is 7.21. The van der Waals surface area contributed by atoms with Crippen molar-refractivity contribution in [2.75, 3.05) is 18.5 Å². The number of hydrogen-bond acceptors (Lipinski definition) is 5. The van der Waals surface area contributed by atoms with E-state index in [1.165, 1.54) is 16.9 Å². The summed E-state index contributed by atoms with van der Waals surface area (Å²) in [6.45, 7) is 2.52. The highest BCUT2D eigenvalue weighted by atomic mass is 35.5. The number of halogens is 1. The third kappa shape index (κ3) is 4.51. The third-order valence-electron chi connectivity index (χ3n) is 5.67. The average molecular weight is 472 g/mol. The summed E-state index contributed by atoms with van der Waals surface area (Å²) in [5.41, 5.74) is 4.85. The molecule has 1 aliphatic rings. The SMILES string of the molecule is CCC(=NCCCO)Nc1c(C(=O)O)sc2nc3c(c(-c4ccc(Cl)cc4)c12)CCCC3. The lowest BCUT2D eigenvalue weighted by Crippen LogP contribution is -2.14. The molecule has 8 heteroatoms. The number of aromatic carboxylic acids is 1. The molecule has 0 saturated carbocycles. The topological polar surface area (TPSA) is 94.8 Å². The number of thiophene rings is 1. The maximum absolute atomic E-state index is 12.2. The largest absolute Gasteiger partial charge is 0.477 e. The molecule has 0 amide bonds. The maximum atomic E-state index is 12.2. The summed E-state index contributed by atoms with van der Waals surface area (Å²) in [7, 11) is 0. The minimum absolute atomic E-state index is 0.0685. The van der Waals surface area contributed by atoms with Crippen molar-refractivity contribution >= 4 is 50.6 Å². The Labute approximate surface area is 196 Å². The van der Waals surface area contributed by atoms with E-state index in [2.05, 4.69) is 10.3 Å². The highest BCUT2D eigenvalue weighted by Gasteiger charge is 2.27. The van der Waals surface area contributed by atoms with Crippen molar-refractivity contribution in [2.24, 2.45) is 4.99 Å². The Morgan fingerprint density at radius 3 is 2.69 bits per heavy atom. The van der Waals surface area contributed by atoms with Crippen LogP contribution < -0.4 is 5.32 Å². The van der Waals surface area contributed by atoms with Crippen LogP contribution in [0.25, 0.3) is 21.3 Å². The van der Waals surface area contributed by atoms with Crippen LogP contribution in [0.3, 0.4) is 0 Å². The summed E-state index contributed by atoms with van der Waals surface area (Å²) in [5.74, 6) is -0.290. The molecule has 0 bridgehead atoms. The second kappa shape index (κ2) is 9.98. The smallest absolute Gasteiger partial charge is 0.348 e. The second-order valence-electron chi connectivity index (χ2n) is 7.80. The minimum Gasteiger partial charge on any atom is -0.477 e. The molecule has 168 valence electrons. The third-order valence-corrected chi connectivity index (χ3v) is 6.99. The molecular weight excluding hydrogens is 446 g/mol. The number of fused-ring (bicyclic) bond motifs is 2. The number of amidine groups is 1. The van der Waals surface area contributed by atoms with Gasteiger partial charge in [0.25, 0.3) is 0 Å². The number of aromatic nitrogens is 1. The van der Waals surface area contributed by atoms with Gasteiger partial charge in [-0.1, -0.05) is 30.7 Å². The molecular formula is C24H26ClN3O3S. The molecule has 0 fully saturated rings. The first kappa shape index (κ1) is 22.7. The normalized spacial score (nSPS) is 13.9. The molecule has 3 aromatic rings. The van der Waals surface area contributed by atoms with Gasteiger partial charge in [0.05, 0.1) is 5.69 Å². The fraction of sp³-hybridized carbons (Fsp3) is 0.375. The zero-order valence-corrected chi connectivity index (χ0v) is 19.5. The molecule has 1 aliphatic carbocycles. The zero-order valence-electron chi connectivity index (χ0n) is 17.9. The van der Waals surface area contributed by atoms with Crippen LogP contribution >= 0.6 is 22.9 Å². The summed E-state index contributed by atoms with van der Waals surface area (Å²) in [4.78, 5) is 22.6. The quantitative estimate of drug-likeness (QED) is 0.230. The number of carboxylic acid groups (broad SMARTS) is 1. The van der Waals surface area contributed by atoms with Gasteiger partial charge < -0.3 is 15.5 Å². The minimum atomic E-state index is -0.985. The lowest BCUT2D eigenvalue weighted by molar-refractivity contribution is 0.0703. The van der Waals surface area contributed by atoms with Gasteiger partial charge in [0, 0.05) is 35.7 Å². The van der Waals surface area contributed by atoms with Crippen molar-refractivity contribution in [3.63, 3.8) is 0 Å². The molecule has 2 heterocycles. The van der Waals surface area contributed by atoms with Gasteiger partial charge in [0.1, 0.15) is 15.5 Å². The number of nitrogens with one attached hydrogen (secondary N) is 1. The number of carbonyl (C=O) groups is 1. The number of aliphatic hydroxyl groups is 1. The Bertz CT molecular complexity index is 1170. The van der Waals surface area contributed by atoms with Gasteiger partial charge in [0.2, 0.25) is 0 Å². The molecule has 0 spiro atoms. The summed E-state index contributed by atoms with van der Waals surface area (Å²) < 4.78 is 0. The van der Waals surface area contributed by atoms with Crippen molar-refractivity contribution < 1.29 is 15.0 Å². The van der Waals surface area contributed by atoms with Crippen LogP contribution in [-0.4, -0.2) is 40.2 Å². The van der Waals surface area contributed by atoms with Crippen LogP contribution in [0.4, 0.5) is 5.69 Å². The Morgan fingerprint density at radius 1 is 1.25 bits per heavy atom. The van der Waals surface area contributed by atoms with E-state index in [9.17, 15) is 9.90 Å². The number of nitrogens with zero attached hydrogens (tertiary/aromatic N) is 2. The Morgan fingerprint density at radius 2 is 2.00 bits per heavy atom. The summed E-state index contributed by atoms with van der Waals surface area (Å²) in [6.07, 6.45) is 5.17. The van der Waals surface area contributed by atoms with Crippen molar-refractivity contribution in [1.82, 2.24) is 4.98 Å². The number of pyridine rings is 1. The number of anilines is 1. The first-order valence-electron chi connectivity index (χ1n) is 10.9. The molecule has 0 saturated heterocycles. The molecule has 2 aromatic heterocycles. The number of benzene rings is 1. The Kier molecular flexibility index (Phi) is 7.08. The van der Waals surface area contributed by atoms with Gasteiger partial charge in [-0.25, -0.2) is 9.78 Å². The van der Waals surface area contributed by atoms with Gasteiger partial charge in [-0.15, -0.1) is 11.3 Å². The number of aryl methyl sites for hydroxylation is 1. The Balaban J connectivity index is 1.97. The van der Waals surface area contributed by atoms with Crippen LogP contribution in [0.1, 0.15) is 53.5 Å². The molecule has 1 aromatic carbocycles. The maximum Gasteiger partial charge on any atom is 0.348 e. The predicted octanol–water partition coefficient (Wildman–Crippen LogP) is 5.80. The number of carboxylic acids is 1. The number of aliphatic imine (C=N–C) groups is 1. The van der Waals surface area contributed by atoms with Crippen LogP contribution in [0.5, 0.6) is 0 Å². The summed E-state index contributed by atoms with van der Waals surface area (Å²) >= 11 is 7.36. The van der Waals surface area contributed by atoms with E-state index < -0.39 is 5.97 Å². The first-order chi connectivity index (χ1) is 15.5. The van der Waals surface area contributed by atoms with E-state index in [1.807, 2.05) is 31.2 Å². The standard InChI is InChI=1S/C24H26ClN3O3S/c1-2-18(26-12-5-13-29)28-21-20-19(14-8-10-15(25)11-9-14)16-6-3-4-7-17(16)27-23(20)32-22(21)24(30)31/h8-11,29H,2-7,12-13H2,1H3,(H,26,28)(H,30,31). The monoisotopic (exact) mass is 471 g/mol. The fourth-order valence-corrected chi connectivity index (χ4v) is 5.28. The van der Waals surface area contributed by atoms with Crippen molar-refractivity contribution in [3.05, 3.63) is 45.4 Å². The van der Waals surface area contributed by atoms with Crippen molar-refractivity contribution in [2.45, 2.75) is 45.4 Å². The summed E-state index contributed by atoms with van der Waals surface area (Å²) in [5, 5.41) is 23.9. The Hall–Kier alpha value is -2.48. The first-order valence-corrected chi connectivity index (χ1v) is 12.1. The molecule has 32 heavy (non-hydrogen) atoms. The molecule has 0 unspecified atom stereocenters. The molecule has 0 atom stereocenters. The van der Waals surface area contributed by atoms with Gasteiger partial charge in [-0.05, 0) is 60.9 Å². The van der Waals surface area contributed by atoms with E-state index in [0.717, 1.165) is 52.7 Å². The predicted molar refractivity (Wildman–Crippen MR) is 132 cm³/mol. The van der Waals surface area contributed by atoms with Crippen LogP contribution in [0.2, 0.25) is 5.02 Å². The molecule has 3 N–H and O–H groups in total. The van der Waals surface area contributed by atoms with E-state index in [0.29, 0.717) is 35.9 Å². The van der Waals surface area contributed by atoms with E-state index >= 15 is 0 Å². The molecule has 4 rings (SSSR count). The fourth-order valence-electron chi connectivity index (χ4n) is 4.16. The van der Waals surface area contributed by atoms with E-state index in [4.69, 9.17) is 21.7 Å². The molecule has 6 nitrogen and oxygen atoms in total. The number of aliphatic hydroxyl groups excluding tert-OH is 1. The zero-order chi connectivity index (χ0) is 22.7. The number of rotatable bonds is 7. The van der Waals surface area contributed by atoms with E-state index in [1.54, 1.807) is 0 Å². The van der Waals surface area contributed by atoms with Crippen molar-refractivity contribution in [3.8, 4) is 11.1 Å². The molecule has 0 aliphatic heterocycles. The highest BCUT2D eigenvalue weighted by Crippen LogP contribution is 2.45. The van der Waals surface area contributed by atoms with Gasteiger partial charge in [0.15, 0.2) is 0 Å². The van der Waals surface area contributed by atoms with Crippen LogP contribution in [0, 0.1) is 0 Å².